The summed E-state index contributed by atoms with van der Waals surface area (Å²) in [6.45, 7) is 1.88. The van der Waals surface area contributed by atoms with Gasteiger partial charge in [-0.3, -0.25) is 4.18 Å². The van der Waals surface area contributed by atoms with Crippen LogP contribution in [0, 0.1) is 0 Å². The molecule has 0 radical (unpaired) electrons. The van der Waals surface area contributed by atoms with Gasteiger partial charge < -0.3 is 0 Å². The third kappa shape index (κ3) is 3.28. The van der Waals surface area contributed by atoms with Crippen molar-refractivity contribution in [1.29, 1.82) is 0 Å². The van der Waals surface area contributed by atoms with Crippen molar-refractivity contribution < 1.29 is 12.7 Å². The van der Waals surface area contributed by atoms with E-state index in [1.165, 1.54) is 0 Å². The summed E-state index contributed by atoms with van der Waals surface area (Å²) in [4.78, 5) is 0. The Morgan fingerprint density at radius 2 is 2.38 bits per heavy atom. The summed E-state index contributed by atoms with van der Waals surface area (Å²) in [5, 5.41) is 0. The van der Waals surface area contributed by atoms with Crippen molar-refractivity contribution in [3.63, 3.8) is 0 Å². The highest BCUT2D eigenvalue weighted by Gasteiger charge is 1.99. The van der Waals surface area contributed by atoms with Crippen LogP contribution < -0.4 is 5.90 Å². The van der Waals surface area contributed by atoms with E-state index in [-0.39, 0.29) is 6.61 Å². The van der Waals surface area contributed by atoms with Crippen LogP contribution in [0.25, 0.3) is 0 Å². The van der Waals surface area contributed by atoms with Crippen LogP contribution in [-0.4, -0.2) is 10.8 Å². The minimum Gasteiger partial charge on any atom is -0.269 e. The maximum Gasteiger partial charge on any atom is 0.285 e. The Morgan fingerprint density at radius 1 is 1.88 bits per heavy atom. The molecule has 0 bridgehead atoms. The van der Waals surface area contributed by atoms with Crippen molar-refractivity contribution in [2.75, 3.05) is 6.61 Å². The van der Waals surface area contributed by atoms with E-state index in [1.807, 2.05) is 0 Å². The predicted octanol–water partition coefficient (Wildman–Crippen LogP) is -0.510. The second kappa shape index (κ2) is 3.31. The van der Waals surface area contributed by atoms with Crippen molar-refractivity contribution in [2.45, 2.75) is 6.92 Å². The molecule has 1 atom stereocenters. The van der Waals surface area contributed by atoms with Gasteiger partial charge in [0.05, 0.1) is 6.61 Å². The predicted molar refractivity (Wildman–Crippen MR) is 32.4 cm³/mol. The lowest BCUT2D eigenvalue weighted by atomic mass is 10.9. The highest BCUT2D eigenvalue weighted by Crippen LogP contribution is 1.89. The van der Waals surface area contributed by atoms with Crippen LogP contribution in [-0.2, 0) is 28.7 Å². The quantitative estimate of drug-likeness (QED) is 0.559. The average Bonchev–Trinajstić information content (AvgIpc) is 1.67. The van der Waals surface area contributed by atoms with Crippen LogP contribution in [0.2, 0.25) is 0 Å². The summed E-state index contributed by atoms with van der Waals surface area (Å²) in [7, 11) is -3.06. The van der Waals surface area contributed by atoms with Crippen LogP contribution in [0.4, 0.5) is 0 Å². The summed E-state index contributed by atoms with van der Waals surface area (Å²) in [6, 6.07) is 0. The molecule has 0 saturated heterocycles. The van der Waals surface area contributed by atoms with Crippen molar-refractivity contribution in [3.05, 3.63) is 0 Å². The van der Waals surface area contributed by atoms with Crippen molar-refractivity contribution in [2.24, 2.45) is 5.90 Å². The van der Waals surface area contributed by atoms with Gasteiger partial charge in [0.15, 0.2) is 0 Å². The molecule has 0 saturated carbocycles. The molecule has 1 unspecified atom stereocenters. The van der Waals surface area contributed by atoms with Gasteiger partial charge in [0, 0.05) is 11.2 Å². The first-order valence-corrected chi connectivity index (χ1v) is 4.23. The molecule has 0 amide bonds. The summed E-state index contributed by atoms with van der Waals surface area (Å²) in [5.74, 6) is 4.49. The Bertz CT molecular complexity index is 139. The van der Waals surface area contributed by atoms with Crippen molar-refractivity contribution >= 4 is 20.2 Å². The van der Waals surface area contributed by atoms with Crippen molar-refractivity contribution in [3.8, 4) is 0 Å². The normalized spacial score (nSPS) is 17.8. The molecule has 50 valence electrons. The van der Waals surface area contributed by atoms with Gasteiger partial charge in [-0.1, -0.05) is 0 Å². The molecule has 0 aliphatic rings. The molecule has 8 heavy (non-hydrogen) atoms. The molecule has 0 aromatic heterocycles. The minimum absolute atomic E-state index is 0.236. The number of nitrogens with two attached hydrogens (primary N) is 1. The second-order valence-corrected chi connectivity index (χ2v) is 3.38. The summed E-state index contributed by atoms with van der Waals surface area (Å²) < 4.78 is 18.6. The molecule has 0 fully saturated rings. The Labute approximate surface area is 53.0 Å². The smallest absolute Gasteiger partial charge is 0.269 e. The first kappa shape index (κ1) is 8.25. The molecular weight excluding hydrogens is 150 g/mol. The molecule has 0 aliphatic carbocycles. The number of hydrogen-bond donors (Lipinski definition) is 1. The fourth-order valence-electron chi connectivity index (χ4n) is 0.172. The van der Waals surface area contributed by atoms with Gasteiger partial charge >= 0.3 is 0 Å². The molecule has 0 aliphatic heterocycles. The minimum atomic E-state index is -3.06. The first-order chi connectivity index (χ1) is 3.62. The van der Waals surface area contributed by atoms with E-state index in [0.29, 0.717) is 0 Å². The van der Waals surface area contributed by atoms with E-state index >= 15 is 0 Å². The zero-order chi connectivity index (χ0) is 6.62. The third-order valence-electron chi connectivity index (χ3n) is 0.380. The second-order valence-electron chi connectivity index (χ2n) is 0.911. The van der Waals surface area contributed by atoms with E-state index in [2.05, 4.69) is 25.6 Å². The largest absolute Gasteiger partial charge is 0.285 e. The highest BCUT2D eigenvalue weighted by atomic mass is 32.9. The molecule has 6 heteroatoms. The molecule has 0 spiro atoms. The van der Waals surface area contributed by atoms with Gasteiger partial charge in [0.2, 0.25) is 0 Å². The summed E-state index contributed by atoms with van der Waals surface area (Å²) in [5.41, 5.74) is 0. The Hall–Kier alpha value is 0.250. The topological polar surface area (TPSA) is 61.5 Å². The van der Waals surface area contributed by atoms with Crippen molar-refractivity contribution in [1.82, 2.24) is 0 Å². The van der Waals surface area contributed by atoms with Gasteiger partial charge in [0.1, 0.15) is 0 Å². The maximum absolute atomic E-state index is 10.4. The van der Waals surface area contributed by atoms with Crippen LogP contribution in [0.3, 0.4) is 0 Å². The van der Waals surface area contributed by atoms with Gasteiger partial charge in [-0.15, -0.1) is 0 Å². The van der Waals surface area contributed by atoms with E-state index in [1.54, 1.807) is 6.92 Å². The van der Waals surface area contributed by atoms with Gasteiger partial charge in [-0.25, -0.2) is 0 Å². The SMILES string of the molecule is CCOS(=O)(=S)ON. The fourth-order valence-corrected chi connectivity index (χ4v) is 0.805. The van der Waals surface area contributed by atoms with Crippen LogP contribution in [0.1, 0.15) is 6.92 Å². The first-order valence-electron chi connectivity index (χ1n) is 1.90. The zero-order valence-electron chi connectivity index (χ0n) is 4.33. The van der Waals surface area contributed by atoms with E-state index in [0.717, 1.165) is 0 Å². The molecule has 0 aromatic carbocycles. The van der Waals surface area contributed by atoms with E-state index < -0.39 is 9.05 Å². The standard InChI is InChI=1S/C2H7NO3S2/c1-2-5-8(4,7)6-3/h2-3H2,1H3. The molecule has 2 N–H and O–H groups in total. The Kier molecular flexibility index (Phi) is 3.41. The van der Waals surface area contributed by atoms with Crippen LogP contribution in [0.5, 0.6) is 0 Å². The summed E-state index contributed by atoms with van der Waals surface area (Å²) >= 11 is 4.20. The van der Waals surface area contributed by atoms with E-state index in [9.17, 15) is 4.21 Å². The average molecular weight is 157 g/mol. The Morgan fingerprint density at radius 3 is 2.50 bits per heavy atom. The number of hydrogen-bond acceptors (Lipinski definition) is 5. The monoisotopic (exact) mass is 157 g/mol. The lowest BCUT2D eigenvalue weighted by molar-refractivity contribution is 0.262. The third-order valence-corrected chi connectivity index (χ3v) is 1.66. The molecule has 4 nitrogen and oxygen atoms in total. The zero-order valence-corrected chi connectivity index (χ0v) is 5.96. The van der Waals surface area contributed by atoms with E-state index in [4.69, 9.17) is 0 Å². The van der Waals surface area contributed by atoms with Crippen LogP contribution >= 0.6 is 0 Å². The number of rotatable bonds is 3. The maximum atomic E-state index is 10.4. The van der Waals surface area contributed by atoms with Gasteiger partial charge in [0.25, 0.3) is 9.05 Å². The lowest BCUT2D eigenvalue weighted by Crippen LogP contribution is -2.12. The highest BCUT2D eigenvalue weighted by molar-refractivity contribution is 8.27. The lowest BCUT2D eigenvalue weighted by Gasteiger charge is -1.98. The molecule has 0 aromatic rings. The van der Waals surface area contributed by atoms with Gasteiger partial charge in [-0.05, 0) is 6.92 Å². The summed E-state index contributed by atoms with van der Waals surface area (Å²) in [6.07, 6.45) is 0. The Balaban J connectivity index is 3.76. The fraction of sp³-hybridized carbons (Fsp3) is 1.00. The van der Waals surface area contributed by atoms with Gasteiger partial charge in [-0.2, -0.15) is 14.4 Å². The molecule has 0 rings (SSSR count). The molecular formula is C2H7NO3S2. The van der Waals surface area contributed by atoms with Crippen LogP contribution in [0.15, 0.2) is 0 Å². The molecule has 0 heterocycles.